The Labute approximate surface area is 196 Å². The molecule has 0 saturated carbocycles. The summed E-state index contributed by atoms with van der Waals surface area (Å²) in [5.41, 5.74) is 3.88. The number of aromatic nitrogens is 4. The molecule has 0 atom stereocenters. The van der Waals surface area contributed by atoms with Gasteiger partial charge in [-0.15, -0.1) is 10.2 Å². The van der Waals surface area contributed by atoms with Crippen LogP contribution in [0.25, 0.3) is 16.7 Å². The molecule has 2 heterocycles. The summed E-state index contributed by atoms with van der Waals surface area (Å²) >= 11 is 0. The molecule has 7 heteroatoms. The Morgan fingerprint density at radius 2 is 1.62 bits per heavy atom. The van der Waals surface area contributed by atoms with Crippen LogP contribution in [0.2, 0.25) is 0 Å². The predicted molar refractivity (Wildman–Crippen MR) is 132 cm³/mol. The van der Waals surface area contributed by atoms with Crippen molar-refractivity contribution in [1.29, 1.82) is 0 Å². The minimum absolute atomic E-state index is 0.0563. The van der Waals surface area contributed by atoms with Gasteiger partial charge in [-0.25, -0.2) is 0 Å². The molecule has 0 radical (unpaired) electrons. The third-order valence-electron chi connectivity index (χ3n) is 5.94. The van der Waals surface area contributed by atoms with E-state index in [-0.39, 0.29) is 17.9 Å². The monoisotopic (exact) mass is 451 g/mol. The van der Waals surface area contributed by atoms with Crippen molar-refractivity contribution in [3.05, 3.63) is 112 Å². The molecule has 1 amide bonds. The highest BCUT2D eigenvalue weighted by Gasteiger charge is 2.17. The van der Waals surface area contributed by atoms with Crippen molar-refractivity contribution in [2.45, 2.75) is 32.9 Å². The van der Waals surface area contributed by atoms with Gasteiger partial charge in [0.25, 0.3) is 5.56 Å². The van der Waals surface area contributed by atoms with E-state index in [9.17, 15) is 9.59 Å². The largest absolute Gasteiger partial charge is 0.352 e. The van der Waals surface area contributed by atoms with E-state index in [2.05, 4.69) is 15.5 Å². The first kappa shape index (κ1) is 21.6. The smallest absolute Gasteiger partial charge is 0.263 e. The Balaban J connectivity index is 1.42. The highest BCUT2D eigenvalue weighted by Crippen LogP contribution is 2.16. The van der Waals surface area contributed by atoms with Crippen molar-refractivity contribution < 1.29 is 4.79 Å². The number of nitrogens with zero attached hydrogens (tertiary/aromatic N) is 4. The fraction of sp³-hybridized carbons (Fsp3) is 0.185. The Morgan fingerprint density at radius 1 is 0.882 bits per heavy atom. The van der Waals surface area contributed by atoms with Gasteiger partial charge < -0.3 is 5.32 Å². The van der Waals surface area contributed by atoms with Gasteiger partial charge in [-0.1, -0.05) is 72.3 Å². The molecule has 0 aliphatic heterocycles. The zero-order valence-corrected chi connectivity index (χ0v) is 18.9. The normalized spacial score (nSPS) is 11.2. The minimum Gasteiger partial charge on any atom is -0.352 e. The van der Waals surface area contributed by atoms with Crippen LogP contribution >= 0.6 is 0 Å². The second-order valence-corrected chi connectivity index (χ2v) is 8.41. The molecule has 0 aliphatic rings. The highest BCUT2D eigenvalue weighted by atomic mass is 16.1. The Morgan fingerprint density at radius 3 is 2.41 bits per heavy atom. The second kappa shape index (κ2) is 9.31. The Bertz CT molecular complexity index is 1520. The van der Waals surface area contributed by atoms with Crippen LogP contribution in [0, 0.1) is 6.92 Å². The molecular weight excluding hydrogens is 426 g/mol. The van der Waals surface area contributed by atoms with E-state index in [1.54, 1.807) is 4.57 Å². The Kier molecular flexibility index (Phi) is 5.91. The maximum atomic E-state index is 13.3. The van der Waals surface area contributed by atoms with Crippen LogP contribution in [0.1, 0.15) is 28.9 Å². The van der Waals surface area contributed by atoms with E-state index in [0.717, 1.165) is 16.6 Å². The van der Waals surface area contributed by atoms with E-state index in [4.69, 9.17) is 0 Å². The number of amides is 1. The fourth-order valence-electron chi connectivity index (χ4n) is 4.11. The molecule has 0 aliphatic carbocycles. The van der Waals surface area contributed by atoms with Gasteiger partial charge in [0.1, 0.15) is 5.82 Å². The molecule has 0 fully saturated rings. The molecule has 0 spiro atoms. The standard InChI is InChI=1S/C27H25N5O2/c1-19-11-13-20(14-12-19)17-28-25(33)16-15-24-29-30-27-31(18-21-7-3-2-4-8-21)26(34)22-9-5-6-10-23(22)32(24)27/h2-14H,15-18H2,1H3,(H,28,33). The van der Waals surface area contributed by atoms with Crippen LogP contribution in [0.15, 0.2) is 83.7 Å². The summed E-state index contributed by atoms with van der Waals surface area (Å²) in [4.78, 5) is 25.8. The van der Waals surface area contributed by atoms with Crippen LogP contribution in [-0.2, 0) is 24.3 Å². The number of para-hydroxylation sites is 1. The van der Waals surface area contributed by atoms with Gasteiger partial charge in [0.2, 0.25) is 11.7 Å². The number of carbonyl (C=O) groups excluding carboxylic acids is 1. The Hall–Kier alpha value is -4.26. The number of rotatable bonds is 7. The molecule has 2 aromatic heterocycles. The van der Waals surface area contributed by atoms with Crippen LogP contribution in [-0.4, -0.2) is 25.1 Å². The lowest BCUT2D eigenvalue weighted by atomic mass is 10.1. The minimum atomic E-state index is -0.109. The lowest BCUT2D eigenvalue weighted by Gasteiger charge is -2.11. The maximum absolute atomic E-state index is 13.3. The molecule has 0 unspecified atom stereocenters. The van der Waals surface area contributed by atoms with E-state index in [1.165, 1.54) is 5.56 Å². The first-order chi connectivity index (χ1) is 16.6. The van der Waals surface area contributed by atoms with Gasteiger partial charge in [-0.2, -0.15) is 0 Å². The molecular formula is C27H25N5O2. The van der Waals surface area contributed by atoms with Crippen molar-refractivity contribution in [2.24, 2.45) is 0 Å². The molecule has 0 bridgehead atoms. The first-order valence-electron chi connectivity index (χ1n) is 11.3. The van der Waals surface area contributed by atoms with Gasteiger partial charge in [0, 0.05) is 19.4 Å². The average Bonchev–Trinajstić information content (AvgIpc) is 3.29. The van der Waals surface area contributed by atoms with Gasteiger partial charge in [-0.3, -0.25) is 18.6 Å². The molecule has 0 saturated heterocycles. The summed E-state index contributed by atoms with van der Waals surface area (Å²) in [5, 5.41) is 12.3. The molecule has 5 rings (SSSR count). The van der Waals surface area contributed by atoms with Crippen LogP contribution in [0.3, 0.4) is 0 Å². The predicted octanol–water partition coefficient (Wildman–Crippen LogP) is 3.65. The number of benzene rings is 3. The summed E-state index contributed by atoms with van der Waals surface area (Å²) in [6.07, 6.45) is 0.688. The lowest BCUT2D eigenvalue weighted by molar-refractivity contribution is -0.121. The van der Waals surface area contributed by atoms with E-state index >= 15 is 0 Å². The van der Waals surface area contributed by atoms with E-state index in [1.807, 2.05) is 90.2 Å². The summed E-state index contributed by atoms with van der Waals surface area (Å²) in [5.74, 6) is 1.07. The summed E-state index contributed by atoms with van der Waals surface area (Å²) in [7, 11) is 0. The number of aryl methyl sites for hydroxylation is 2. The van der Waals surface area contributed by atoms with Crippen molar-refractivity contribution in [3.8, 4) is 0 Å². The summed E-state index contributed by atoms with van der Waals surface area (Å²) < 4.78 is 3.54. The lowest BCUT2D eigenvalue weighted by Crippen LogP contribution is -2.25. The first-order valence-corrected chi connectivity index (χ1v) is 11.3. The van der Waals surface area contributed by atoms with Gasteiger partial charge >= 0.3 is 0 Å². The maximum Gasteiger partial charge on any atom is 0.263 e. The zero-order chi connectivity index (χ0) is 23.5. The van der Waals surface area contributed by atoms with Crippen molar-refractivity contribution in [2.75, 3.05) is 0 Å². The third kappa shape index (κ3) is 4.32. The van der Waals surface area contributed by atoms with Crippen LogP contribution < -0.4 is 10.9 Å². The highest BCUT2D eigenvalue weighted by molar-refractivity contribution is 5.80. The number of hydrogen-bond donors (Lipinski definition) is 1. The van der Waals surface area contributed by atoms with Crippen LogP contribution in [0.4, 0.5) is 0 Å². The number of carbonyl (C=O) groups is 1. The number of hydrogen-bond acceptors (Lipinski definition) is 4. The van der Waals surface area contributed by atoms with Crippen LogP contribution in [0.5, 0.6) is 0 Å². The van der Waals surface area contributed by atoms with Gasteiger partial charge in [0.05, 0.1) is 17.4 Å². The average molecular weight is 452 g/mol. The SMILES string of the molecule is Cc1ccc(CNC(=O)CCc2nnc3n(Cc4ccccc4)c(=O)c4ccccc4n23)cc1. The molecule has 34 heavy (non-hydrogen) atoms. The molecule has 170 valence electrons. The van der Waals surface area contributed by atoms with Crippen molar-refractivity contribution in [1.82, 2.24) is 24.5 Å². The molecule has 3 aromatic carbocycles. The fourth-order valence-corrected chi connectivity index (χ4v) is 4.11. The zero-order valence-electron chi connectivity index (χ0n) is 18.9. The van der Waals surface area contributed by atoms with Crippen molar-refractivity contribution >= 4 is 22.6 Å². The van der Waals surface area contributed by atoms with Crippen molar-refractivity contribution in [3.63, 3.8) is 0 Å². The summed E-state index contributed by atoms with van der Waals surface area (Å²) in [6, 6.07) is 25.3. The number of nitrogens with one attached hydrogen (secondary N) is 1. The van der Waals surface area contributed by atoms with E-state index in [0.29, 0.717) is 36.5 Å². The quantitative estimate of drug-likeness (QED) is 0.410. The third-order valence-corrected chi connectivity index (χ3v) is 5.94. The second-order valence-electron chi connectivity index (χ2n) is 8.41. The van der Waals surface area contributed by atoms with E-state index < -0.39 is 0 Å². The topological polar surface area (TPSA) is 81.3 Å². The van der Waals surface area contributed by atoms with Gasteiger partial charge in [-0.05, 0) is 30.2 Å². The molecule has 1 N–H and O–H groups in total. The summed E-state index contributed by atoms with van der Waals surface area (Å²) in [6.45, 7) is 2.91. The molecule has 5 aromatic rings. The van der Waals surface area contributed by atoms with Gasteiger partial charge in [0.15, 0.2) is 0 Å². The molecule has 7 nitrogen and oxygen atoms in total. The number of fused-ring (bicyclic) bond motifs is 3.